The molecular weight excluding hydrogens is 529 g/mol. The van der Waals surface area contributed by atoms with Crippen LogP contribution in [0.4, 0.5) is 4.79 Å². The van der Waals surface area contributed by atoms with Crippen LogP contribution in [-0.4, -0.2) is 72.0 Å². The monoisotopic (exact) mass is 583 g/mol. The lowest BCUT2D eigenvalue weighted by Gasteiger charge is -2.32. The number of carbonyl (C=O) groups excluding carboxylic acids is 4. The number of alkyl carbamates (subject to hydrolysis) is 1. The van der Waals surface area contributed by atoms with Crippen LogP contribution < -0.4 is 16.0 Å². The molecule has 11 nitrogen and oxygen atoms in total. The molecule has 0 spiro atoms. The molecule has 0 aromatic heterocycles. The molecule has 1 aliphatic rings. The van der Waals surface area contributed by atoms with E-state index in [0.717, 1.165) is 0 Å². The first kappa shape index (κ1) is 36.7. The molecule has 0 unspecified atom stereocenters. The van der Waals surface area contributed by atoms with Crippen molar-refractivity contribution in [2.75, 3.05) is 6.54 Å². The fourth-order valence-electron chi connectivity index (χ4n) is 4.28. The van der Waals surface area contributed by atoms with Gasteiger partial charge in [-0.25, -0.2) is 9.59 Å². The highest BCUT2D eigenvalue weighted by molar-refractivity contribution is 6.45. The predicted octanol–water partition coefficient (Wildman–Crippen LogP) is 3.99. The van der Waals surface area contributed by atoms with E-state index >= 15 is 0 Å². The molecule has 1 heterocycles. The highest BCUT2D eigenvalue weighted by Gasteiger charge is 2.50. The minimum Gasteiger partial charge on any atom is -0.458 e. The Hall–Kier alpha value is -2.34. The Morgan fingerprint density at radius 3 is 1.78 bits per heavy atom. The number of esters is 1. The van der Waals surface area contributed by atoms with Gasteiger partial charge in [0.2, 0.25) is 11.8 Å². The van der Waals surface area contributed by atoms with Crippen LogP contribution in [0.2, 0.25) is 6.32 Å². The molecule has 1 saturated heterocycles. The summed E-state index contributed by atoms with van der Waals surface area (Å²) in [6, 6.07) is -1.86. The van der Waals surface area contributed by atoms with Gasteiger partial charge in [-0.3, -0.25) is 9.59 Å². The summed E-state index contributed by atoms with van der Waals surface area (Å²) in [5, 5.41) is 8.24. The summed E-state index contributed by atoms with van der Waals surface area (Å²) >= 11 is 0. The third-order valence-electron chi connectivity index (χ3n) is 6.97. The van der Waals surface area contributed by atoms with Crippen molar-refractivity contribution in [1.82, 2.24) is 16.0 Å². The molecule has 0 aromatic carbocycles. The van der Waals surface area contributed by atoms with Crippen LogP contribution in [0.5, 0.6) is 0 Å². The number of ether oxygens (including phenoxy) is 2. The lowest BCUT2D eigenvalue weighted by Crippen LogP contribution is -2.54. The minimum atomic E-state index is -0.998. The number of rotatable bonds is 12. The largest absolute Gasteiger partial charge is 0.458 e. The summed E-state index contributed by atoms with van der Waals surface area (Å²) in [5.41, 5.74) is -2.42. The van der Waals surface area contributed by atoms with E-state index < -0.39 is 71.4 Å². The van der Waals surface area contributed by atoms with Crippen molar-refractivity contribution in [3.8, 4) is 0 Å². The van der Waals surface area contributed by atoms with Crippen LogP contribution in [0, 0.1) is 11.8 Å². The van der Waals surface area contributed by atoms with Crippen LogP contribution >= 0.6 is 0 Å². The molecule has 1 rings (SSSR count). The van der Waals surface area contributed by atoms with E-state index in [-0.39, 0.29) is 12.5 Å². The van der Waals surface area contributed by atoms with Crippen molar-refractivity contribution in [2.24, 2.45) is 11.8 Å². The van der Waals surface area contributed by atoms with Gasteiger partial charge >= 0.3 is 19.2 Å². The molecule has 3 amide bonds. The quantitative estimate of drug-likeness (QED) is 0.231. The normalized spacial score (nSPS) is 18.7. The Balaban J connectivity index is 3.09. The van der Waals surface area contributed by atoms with Gasteiger partial charge in [-0.05, 0) is 87.9 Å². The van der Waals surface area contributed by atoms with Gasteiger partial charge in [0.1, 0.15) is 23.3 Å². The molecule has 41 heavy (non-hydrogen) atoms. The molecule has 0 bridgehead atoms. The zero-order chi connectivity index (χ0) is 32.0. The van der Waals surface area contributed by atoms with Crippen molar-refractivity contribution < 1.29 is 38.0 Å². The van der Waals surface area contributed by atoms with Crippen molar-refractivity contribution in [3.63, 3.8) is 0 Å². The first-order chi connectivity index (χ1) is 18.4. The zero-order valence-corrected chi connectivity index (χ0v) is 27.5. The van der Waals surface area contributed by atoms with Crippen LogP contribution in [0.3, 0.4) is 0 Å². The first-order valence-corrected chi connectivity index (χ1v) is 14.6. The van der Waals surface area contributed by atoms with Gasteiger partial charge in [0.05, 0.1) is 11.2 Å². The lowest BCUT2D eigenvalue weighted by molar-refractivity contribution is -0.160. The van der Waals surface area contributed by atoms with Gasteiger partial charge in [-0.2, -0.15) is 0 Å². The van der Waals surface area contributed by atoms with Gasteiger partial charge in [0.25, 0.3) is 0 Å². The Morgan fingerprint density at radius 1 is 0.829 bits per heavy atom. The second-order valence-corrected chi connectivity index (χ2v) is 14.2. The van der Waals surface area contributed by atoms with Crippen molar-refractivity contribution in [2.45, 2.75) is 144 Å². The van der Waals surface area contributed by atoms with E-state index in [1.165, 1.54) is 6.92 Å². The van der Waals surface area contributed by atoms with Crippen LogP contribution in [-0.2, 0) is 33.2 Å². The second kappa shape index (κ2) is 14.2. The summed E-state index contributed by atoms with van der Waals surface area (Å²) < 4.78 is 23.2. The lowest BCUT2D eigenvalue weighted by atomic mass is 9.80. The number of amides is 3. The average Bonchev–Trinajstić information content (AvgIpc) is 2.95. The van der Waals surface area contributed by atoms with Crippen molar-refractivity contribution in [1.29, 1.82) is 0 Å². The standard InChI is InChI=1S/C29H54BN3O8/c1-18(2)21(33-25(37)39-27(7,8)9)23(35)31-17-20(22(32-19(3)34)24(36)38-26(4,5)6)15-14-16-30-40-28(10,11)29(12,13)41-30/h18,20-22H,14-17H2,1-13H3,(H,31,35)(H,32,34)(H,33,37)/t20-,21-,22-/m0/s1. The zero-order valence-electron chi connectivity index (χ0n) is 27.5. The van der Waals surface area contributed by atoms with Crippen molar-refractivity contribution in [3.05, 3.63) is 0 Å². The summed E-state index contributed by atoms with van der Waals surface area (Å²) in [4.78, 5) is 51.0. The topological polar surface area (TPSA) is 141 Å². The fourth-order valence-corrected chi connectivity index (χ4v) is 4.28. The first-order valence-electron chi connectivity index (χ1n) is 14.6. The van der Waals surface area contributed by atoms with E-state index in [0.29, 0.717) is 19.2 Å². The Kier molecular flexibility index (Phi) is 12.7. The van der Waals surface area contributed by atoms with Gasteiger partial charge in [-0.15, -0.1) is 0 Å². The maximum Gasteiger partial charge on any atom is 0.457 e. The van der Waals surface area contributed by atoms with E-state index in [2.05, 4.69) is 16.0 Å². The molecular formula is C29H54BN3O8. The molecule has 0 saturated carbocycles. The molecule has 0 radical (unpaired) electrons. The predicted molar refractivity (Wildman–Crippen MR) is 158 cm³/mol. The van der Waals surface area contributed by atoms with Crippen molar-refractivity contribution >= 4 is 31.0 Å². The molecule has 3 N–H and O–H groups in total. The van der Waals surface area contributed by atoms with Crippen LogP contribution in [0.25, 0.3) is 0 Å². The number of nitrogens with one attached hydrogen (secondary N) is 3. The third-order valence-corrected chi connectivity index (χ3v) is 6.97. The Labute approximate surface area is 247 Å². The Morgan fingerprint density at radius 2 is 1.34 bits per heavy atom. The molecule has 0 aliphatic carbocycles. The SMILES string of the molecule is CC(=O)N[C@H](C(=O)OC(C)(C)C)[C@@H](CCCB1OC(C)(C)C(C)(C)O1)CNC(=O)[C@@H](NC(=O)OC(C)(C)C)C(C)C. The third kappa shape index (κ3) is 12.6. The Bertz CT molecular complexity index is 908. The van der Waals surface area contributed by atoms with E-state index in [1.54, 1.807) is 41.5 Å². The van der Waals surface area contributed by atoms with E-state index in [1.807, 2.05) is 41.5 Å². The number of carbonyl (C=O) groups is 4. The summed E-state index contributed by atoms with van der Waals surface area (Å²) in [6.07, 6.45) is 0.920. The number of hydrogen-bond acceptors (Lipinski definition) is 8. The van der Waals surface area contributed by atoms with Gasteiger partial charge in [0, 0.05) is 19.4 Å². The molecule has 12 heteroatoms. The van der Waals surface area contributed by atoms with Crippen LogP contribution in [0.1, 0.15) is 103 Å². The molecule has 0 aromatic rings. The highest BCUT2D eigenvalue weighted by atomic mass is 16.7. The van der Waals surface area contributed by atoms with Gasteiger partial charge in [0.15, 0.2) is 0 Å². The molecule has 1 fully saturated rings. The van der Waals surface area contributed by atoms with Gasteiger partial charge in [-0.1, -0.05) is 20.3 Å². The van der Waals surface area contributed by atoms with E-state index in [4.69, 9.17) is 18.8 Å². The van der Waals surface area contributed by atoms with Crippen LogP contribution in [0.15, 0.2) is 0 Å². The summed E-state index contributed by atoms with van der Waals surface area (Å²) in [6.45, 7) is 23.4. The summed E-state index contributed by atoms with van der Waals surface area (Å²) in [5.74, 6) is -2.15. The maximum absolute atomic E-state index is 13.2. The average molecular weight is 584 g/mol. The molecule has 236 valence electrons. The molecule has 3 atom stereocenters. The minimum absolute atomic E-state index is 0.0611. The maximum atomic E-state index is 13.2. The molecule has 1 aliphatic heterocycles. The smallest absolute Gasteiger partial charge is 0.457 e. The fraction of sp³-hybridized carbons (Fsp3) is 0.862. The van der Waals surface area contributed by atoms with Gasteiger partial charge < -0.3 is 34.7 Å². The van der Waals surface area contributed by atoms with E-state index in [9.17, 15) is 19.2 Å². The highest BCUT2D eigenvalue weighted by Crippen LogP contribution is 2.38. The summed E-state index contributed by atoms with van der Waals surface area (Å²) in [7, 11) is -0.417. The number of hydrogen-bond donors (Lipinski definition) is 3. The second-order valence-electron chi connectivity index (χ2n) is 14.2.